The number of esters is 1. The molecule has 37 heavy (non-hydrogen) atoms. The lowest BCUT2D eigenvalue weighted by Gasteiger charge is -2.26. The minimum absolute atomic E-state index is 0.0356. The standard InChI is InChI=1S/C22H26N3O11P/c1-4-22(31)17(27)15(35-20(22)25-11-10-16(26)23-21(25)30)12-33-37(32,36-14-8-6-5-7-9-14)24-18(28)19(29)34-13(2)3/h1,5-11,13,15,17-18,20,27-28,31H,12H2,2-3H3,(H,24,32)(H,23,26,30)/t15-,17-,18+,20-,22-,37+/m1/s1. The lowest BCUT2D eigenvalue weighted by molar-refractivity contribution is -0.158. The summed E-state index contributed by atoms with van der Waals surface area (Å²) in [6.45, 7) is 2.32. The number of aromatic amines is 1. The molecule has 1 aromatic carbocycles. The van der Waals surface area contributed by atoms with Crippen molar-refractivity contribution in [2.75, 3.05) is 6.61 Å². The number of carbonyl (C=O) groups excluding carboxylic acids is 1. The molecule has 1 fully saturated rings. The third-order valence-electron chi connectivity index (χ3n) is 5.05. The van der Waals surface area contributed by atoms with Crippen molar-refractivity contribution in [3.63, 3.8) is 0 Å². The van der Waals surface area contributed by atoms with Crippen LogP contribution in [0.2, 0.25) is 0 Å². The average Bonchev–Trinajstić information content (AvgIpc) is 3.08. The fourth-order valence-electron chi connectivity index (χ4n) is 3.33. The number of nitrogens with one attached hydrogen (secondary N) is 2. The van der Waals surface area contributed by atoms with Gasteiger partial charge in [-0.15, -0.1) is 6.42 Å². The van der Waals surface area contributed by atoms with E-state index in [4.69, 9.17) is 24.9 Å². The van der Waals surface area contributed by atoms with Gasteiger partial charge in [-0.2, -0.15) is 5.09 Å². The number of H-pyrrole nitrogens is 1. The number of rotatable bonds is 10. The van der Waals surface area contributed by atoms with Crippen LogP contribution >= 0.6 is 7.75 Å². The number of aromatic nitrogens is 2. The van der Waals surface area contributed by atoms with Crippen LogP contribution < -0.4 is 20.9 Å². The Morgan fingerprint density at radius 2 is 2.00 bits per heavy atom. The summed E-state index contributed by atoms with van der Waals surface area (Å²) in [5, 5.41) is 33.8. The molecule has 2 aromatic rings. The molecule has 0 amide bonds. The van der Waals surface area contributed by atoms with E-state index in [1.54, 1.807) is 18.2 Å². The number of para-hydroxylation sites is 1. The second kappa shape index (κ2) is 11.4. The van der Waals surface area contributed by atoms with Crippen LogP contribution in [0.15, 0.2) is 52.2 Å². The number of hydrogen-bond donors (Lipinski definition) is 5. The van der Waals surface area contributed by atoms with E-state index < -0.39 is 67.9 Å². The molecule has 2 heterocycles. The molecule has 0 radical (unpaired) electrons. The molecule has 1 aliphatic rings. The molecule has 1 aromatic heterocycles. The largest absolute Gasteiger partial charge is 0.461 e. The maximum atomic E-state index is 13.5. The maximum absolute atomic E-state index is 13.5. The number of carbonyl (C=O) groups is 1. The summed E-state index contributed by atoms with van der Waals surface area (Å²) in [4.78, 5) is 37.6. The SMILES string of the molecule is C#C[C@@]1(O)[C@H](O)[C@@H](CO[P@@](=O)(N[C@@H](O)C(=O)OC(C)C)Oc2ccccc2)O[C@H]1n1ccc(=O)[nH]c1=O. The normalized spacial score (nSPS) is 25.7. The lowest BCUT2D eigenvalue weighted by atomic mass is 9.95. The van der Waals surface area contributed by atoms with Crippen molar-refractivity contribution in [2.24, 2.45) is 0 Å². The number of ether oxygens (including phenoxy) is 2. The smallest absolute Gasteiger partial charge is 0.460 e. The topological polar surface area (TPSA) is 199 Å². The van der Waals surface area contributed by atoms with Crippen molar-refractivity contribution < 1.29 is 43.2 Å². The molecule has 0 unspecified atom stereocenters. The van der Waals surface area contributed by atoms with Crippen molar-refractivity contribution in [1.29, 1.82) is 0 Å². The Bertz CT molecular complexity index is 1310. The van der Waals surface area contributed by atoms with Gasteiger partial charge in [-0.05, 0) is 26.0 Å². The van der Waals surface area contributed by atoms with Crippen LogP contribution in [0.4, 0.5) is 0 Å². The Hall–Kier alpha value is -3.28. The number of hydrogen-bond acceptors (Lipinski definition) is 11. The van der Waals surface area contributed by atoms with Crippen LogP contribution in [0.25, 0.3) is 0 Å². The van der Waals surface area contributed by atoms with Gasteiger partial charge < -0.3 is 29.3 Å². The van der Waals surface area contributed by atoms with Crippen LogP contribution in [0, 0.1) is 12.3 Å². The number of nitrogens with zero attached hydrogens (tertiary/aromatic N) is 1. The number of aliphatic hydroxyl groups excluding tert-OH is 2. The van der Waals surface area contributed by atoms with Crippen molar-refractivity contribution in [3.05, 3.63) is 63.4 Å². The van der Waals surface area contributed by atoms with Crippen molar-refractivity contribution in [2.45, 2.75) is 50.2 Å². The number of aliphatic hydroxyl groups is 3. The highest BCUT2D eigenvalue weighted by molar-refractivity contribution is 7.52. The van der Waals surface area contributed by atoms with E-state index in [-0.39, 0.29) is 5.75 Å². The Kier molecular flexibility index (Phi) is 8.72. The lowest BCUT2D eigenvalue weighted by Crippen LogP contribution is -2.48. The maximum Gasteiger partial charge on any atom is 0.461 e. The first kappa shape index (κ1) is 28.3. The zero-order valence-corrected chi connectivity index (χ0v) is 20.6. The van der Waals surface area contributed by atoms with Crippen molar-refractivity contribution in [1.82, 2.24) is 14.6 Å². The van der Waals surface area contributed by atoms with Crippen LogP contribution in [0.3, 0.4) is 0 Å². The van der Waals surface area contributed by atoms with E-state index in [0.29, 0.717) is 0 Å². The molecular formula is C22H26N3O11P. The molecule has 14 nitrogen and oxygen atoms in total. The quantitative estimate of drug-likeness (QED) is 0.109. The Morgan fingerprint density at radius 1 is 1.32 bits per heavy atom. The van der Waals surface area contributed by atoms with E-state index in [2.05, 4.69) is 0 Å². The molecule has 200 valence electrons. The van der Waals surface area contributed by atoms with Gasteiger partial charge in [0.05, 0.1) is 12.7 Å². The highest BCUT2D eigenvalue weighted by Gasteiger charge is 2.56. The fraction of sp³-hybridized carbons (Fsp3) is 0.409. The first-order chi connectivity index (χ1) is 17.4. The predicted molar refractivity (Wildman–Crippen MR) is 126 cm³/mol. The van der Waals surface area contributed by atoms with Gasteiger partial charge in [-0.3, -0.25) is 18.9 Å². The van der Waals surface area contributed by atoms with Gasteiger partial charge in [-0.1, -0.05) is 24.1 Å². The molecule has 15 heteroatoms. The molecule has 3 rings (SSSR count). The van der Waals surface area contributed by atoms with Crippen molar-refractivity contribution >= 4 is 13.7 Å². The van der Waals surface area contributed by atoms with Gasteiger partial charge in [0, 0.05) is 12.3 Å². The van der Waals surface area contributed by atoms with Crippen LogP contribution in [-0.2, 0) is 23.4 Å². The Morgan fingerprint density at radius 3 is 2.59 bits per heavy atom. The van der Waals surface area contributed by atoms with Crippen molar-refractivity contribution in [3.8, 4) is 18.1 Å². The highest BCUT2D eigenvalue weighted by Crippen LogP contribution is 2.46. The second-order valence-electron chi connectivity index (χ2n) is 8.17. The number of terminal acetylenes is 1. The minimum atomic E-state index is -4.57. The van der Waals surface area contributed by atoms with Gasteiger partial charge in [0.15, 0.2) is 11.8 Å². The molecule has 0 spiro atoms. The van der Waals surface area contributed by atoms with Gasteiger partial charge in [0.1, 0.15) is 18.0 Å². The van der Waals surface area contributed by atoms with Crippen LogP contribution in [0.5, 0.6) is 5.75 Å². The molecular weight excluding hydrogens is 513 g/mol. The predicted octanol–water partition coefficient (Wildman–Crippen LogP) is -0.778. The van der Waals surface area contributed by atoms with Crippen LogP contribution in [0.1, 0.15) is 20.1 Å². The second-order valence-corrected chi connectivity index (χ2v) is 9.87. The Labute approximate surface area is 210 Å². The van der Waals surface area contributed by atoms with Gasteiger partial charge >= 0.3 is 19.4 Å². The highest BCUT2D eigenvalue weighted by atomic mass is 31.2. The summed E-state index contributed by atoms with van der Waals surface area (Å²) in [5.41, 5.74) is -4.16. The molecule has 1 aliphatic heterocycles. The van der Waals surface area contributed by atoms with E-state index in [9.17, 15) is 34.3 Å². The van der Waals surface area contributed by atoms with E-state index in [1.807, 2.05) is 16.0 Å². The zero-order chi connectivity index (χ0) is 27.4. The summed E-state index contributed by atoms with van der Waals surface area (Å²) in [6.07, 6.45) is -1.32. The summed E-state index contributed by atoms with van der Waals surface area (Å²) in [6, 6.07) is 8.60. The molecule has 0 bridgehead atoms. The average molecular weight is 539 g/mol. The molecule has 6 atom stereocenters. The monoisotopic (exact) mass is 539 g/mol. The van der Waals surface area contributed by atoms with Gasteiger partial charge in [0.25, 0.3) is 5.56 Å². The third kappa shape index (κ3) is 6.54. The summed E-state index contributed by atoms with van der Waals surface area (Å²) >= 11 is 0. The first-order valence-corrected chi connectivity index (χ1v) is 12.4. The van der Waals surface area contributed by atoms with Crippen LogP contribution in [-0.4, -0.2) is 67.6 Å². The van der Waals surface area contributed by atoms with Gasteiger partial charge in [0.2, 0.25) is 6.23 Å². The van der Waals surface area contributed by atoms with E-state index in [1.165, 1.54) is 26.0 Å². The van der Waals surface area contributed by atoms with E-state index in [0.717, 1.165) is 16.8 Å². The van der Waals surface area contributed by atoms with Gasteiger partial charge in [-0.25, -0.2) is 14.2 Å². The fourth-order valence-corrected chi connectivity index (χ4v) is 4.66. The number of benzene rings is 1. The Balaban J connectivity index is 1.84. The molecule has 1 saturated heterocycles. The van der Waals surface area contributed by atoms with E-state index >= 15 is 0 Å². The molecule has 0 aliphatic carbocycles. The molecule has 0 saturated carbocycles. The summed E-state index contributed by atoms with van der Waals surface area (Å²) in [7, 11) is -4.57. The summed E-state index contributed by atoms with van der Waals surface area (Å²) < 4.78 is 35.3. The first-order valence-electron chi connectivity index (χ1n) is 10.9. The minimum Gasteiger partial charge on any atom is -0.460 e. The summed E-state index contributed by atoms with van der Waals surface area (Å²) in [5.74, 6) is 0.844. The zero-order valence-electron chi connectivity index (χ0n) is 19.7. The third-order valence-corrected chi connectivity index (χ3v) is 6.55. The molecule has 5 N–H and O–H groups in total.